The Bertz CT molecular complexity index is 691. The van der Waals surface area contributed by atoms with Gasteiger partial charge in [-0.25, -0.2) is 4.98 Å². The second-order valence-corrected chi connectivity index (χ2v) is 7.50. The third-order valence-electron chi connectivity index (χ3n) is 4.11. The minimum Gasteiger partial charge on any atom is -0.342 e. The van der Waals surface area contributed by atoms with Crippen LogP contribution in [0.1, 0.15) is 28.2 Å². The van der Waals surface area contributed by atoms with Crippen molar-refractivity contribution < 1.29 is 9.59 Å². The Morgan fingerprint density at radius 2 is 2.12 bits per heavy atom. The fraction of sp³-hybridized carbons (Fsp3) is 0.438. The number of rotatable bonds is 5. The van der Waals surface area contributed by atoms with E-state index in [-0.39, 0.29) is 18.2 Å². The molecule has 24 heavy (non-hydrogen) atoms. The number of aromatic nitrogens is 1. The Labute approximate surface area is 148 Å². The molecule has 128 valence electrons. The molecule has 6 nitrogen and oxygen atoms in total. The molecule has 2 aromatic heterocycles. The van der Waals surface area contributed by atoms with Crippen LogP contribution in [0.4, 0.5) is 5.13 Å². The summed E-state index contributed by atoms with van der Waals surface area (Å²) < 4.78 is 0. The van der Waals surface area contributed by atoms with Gasteiger partial charge in [-0.3, -0.25) is 14.9 Å². The molecule has 1 aliphatic rings. The molecule has 2 aromatic rings. The standard InChI is InChI=1S/C16H20N4O2S2/c1-17-11-4-6-20(7-5-11)14(21)9-12-10-24-16(18-12)19-15(22)13-3-2-8-23-13/h2-3,8,10-11,17H,4-7,9H2,1H3,(H,18,19,22). The molecule has 0 aromatic carbocycles. The summed E-state index contributed by atoms with van der Waals surface area (Å²) in [7, 11) is 1.96. The predicted octanol–water partition coefficient (Wildman–Crippen LogP) is 2.21. The molecule has 2 N–H and O–H groups in total. The van der Waals surface area contributed by atoms with Gasteiger partial charge in [0, 0.05) is 24.5 Å². The Morgan fingerprint density at radius 1 is 1.33 bits per heavy atom. The highest BCUT2D eigenvalue weighted by molar-refractivity contribution is 7.14. The number of piperidine rings is 1. The average Bonchev–Trinajstić information content (AvgIpc) is 3.27. The van der Waals surface area contributed by atoms with Gasteiger partial charge in [-0.1, -0.05) is 6.07 Å². The fourth-order valence-electron chi connectivity index (χ4n) is 2.70. The van der Waals surface area contributed by atoms with E-state index >= 15 is 0 Å². The quantitative estimate of drug-likeness (QED) is 0.853. The van der Waals surface area contributed by atoms with Crippen molar-refractivity contribution in [2.45, 2.75) is 25.3 Å². The summed E-state index contributed by atoms with van der Waals surface area (Å²) in [5, 5.41) is 10.3. The minimum absolute atomic E-state index is 0.103. The van der Waals surface area contributed by atoms with Gasteiger partial charge in [0.1, 0.15) is 0 Å². The van der Waals surface area contributed by atoms with Crippen LogP contribution in [0.5, 0.6) is 0 Å². The van der Waals surface area contributed by atoms with E-state index in [9.17, 15) is 9.59 Å². The number of thiophene rings is 1. The zero-order valence-corrected chi connectivity index (χ0v) is 15.1. The fourth-order valence-corrected chi connectivity index (χ4v) is 4.02. The lowest BCUT2D eigenvalue weighted by Crippen LogP contribution is -2.44. The van der Waals surface area contributed by atoms with Crippen molar-refractivity contribution in [1.82, 2.24) is 15.2 Å². The summed E-state index contributed by atoms with van der Waals surface area (Å²) in [4.78, 5) is 31.3. The highest BCUT2D eigenvalue weighted by Gasteiger charge is 2.22. The first-order chi connectivity index (χ1) is 11.7. The maximum atomic E-state index is 12.4. The van der Waals surface area contributed by atoms with E-state index in [0.29, 0.717) is 21.7 Å². The number of nitrogens with zero attached hydrogens (tertiary/aromatic N) is 2. The average molecular weight is 364 g/mol. The molecule has 8 heteroatoms. The Kier molecular flexibility index (Phi) is 5.60. The molecule has 0 bridgehead atoms. The molecule has 0 spiro atoms. The lowest BCUT2D eigenvalue weighted by Gasteiger charge is -2.31. The van der Waals surface area contributed by atoms with E-state index < -0.39 is 0 Å². The lowest BCUT2D eigenvalue weighted by molar-refractivity contribution is -0.131. The van der Waals surface area contributed by atoms with Gasteiger partial charge in [-0.15, -0.1) is 22.7 Å². The van der Waals surface area contributed by atoms with Crippen LogP contribution in [0.25, 0.3) is 0 Å². The molecule has 0 saturated carbocycles. The number of thiazole rings is 1. The van der Waals surface area contributed by atoms with Crippen molar-refractivity contribution in [3.63, 3.8) is 0 Å². The van der Waals surface area contributed by atoms with Gasteiger partial charge in [-0.2, -0.15) is 0 Å². The van der Waals surface area contributed by atoms with E-state index in [2.05, 4.69) is 15.6 Å². The summed E-state index contributed by atoms with van der Waals surface area (Å²) in [6.07, 6.45) is 2.26. The normalized spacial score (nSPS) is 15.5. The van der Waals surface area contributed by atoms with Crippen LogP contribution in [0.15, 0.2) is 22.9 Å². The van der Waals surface area contributed by atoms with Crippen LogP contribution in [0.2, 0.25) is 0 Å². The SMILES string of the molecule is CNC1CCN(C(=O)Cc2csc(NC(=O)c3cccs3)n2)CC1. The summed E-state index contributed by atoms with van der Waals surface area (Å²) >= 11 is 2.74. The van der Waals surface area contributed by atoms with Crippen LogP contribution >= 0.6 is 22.7 Å². The van der Waals surface area contributed by atoms with Crippen LogP contribution in [-0.4, -0.2) is 47.9 Å². The molecule has 1 aliphatic heterocycles. The smallest absolute Gasteiger partial charge is 0.267 e. The maximum Gasteiger partial charge on any atom is 0.267 e. The molecule has 0 unspecified atom stereocenters. The first-order valence-electron chi connectivity index (χ1n) is 7.90. The third-order valence-corrected chi connectivity index (χ3v) is 5.78. The van der Waals surface area contributed by atoms with Crippen LogP contribution < -0.4 is 10.6 Å². The van der Waals surface area contributed by atoms with Crippen molar-refractivity contribution in [2.24, 2.45) is 0 Å². The Hall–Kier alpha value is -1.77. The molecule has 3 heterocycles. The van der Waals surface area contributed by atoms with Crippen molar-refractivity contribution in [3.8, 4) is 0 Å². The van der Waals surface area contributed by atoms with Gasteiger partial charge in [-0.05, 0) is 31.3 Å². The van der Waals surface area contributed by atoms with E-state index in [1.165, 1.54) is 22.7 Å². The number of carbonyl (C=O) groups is 2. The first-order valence-corrected chi connectivity index (χ1v) is 9.66. The van der Waals surface area contributed by atoms with Gasteiger partial charge >= 0.3 is 0 Å². The van der Waals surface area contributed by atoms with Gasteiger partial charge in [0.05, 0.1) is 17.0 Å². The Morgan fingerprint density at radius 3 is 2.79 bits per heavy atom. The molecule has 0 radical (unpaired) electrons. The van der Waals surface area contributed by atoms with Gasteiger partial charge in [0.2, 0.25) is 5.91 Å². The third kappa shape index (κ3) is 4.19. The van der Waals surface area contributed by atoms with E-state index in [1.54, 1.807) is 6.07 Å². The van der Waals surface area contributed by atoms with Crippen LogP contribution in [0.3, 0.4) is 0 Å². The van der Waals surface area contributed by atoms with E-state index in [1.807, 2.05) is 28.8 Å². The summed E-state index contributed by atoms with van der Waals surface area (Å²) in [6.45, 7) is 1.58. The van der Waals surface area contributed by atoms with E-state index in [0.717, 1.165) is 25.9 Å². The second-order valence-electron chi connectivity index (χ2n) is 5.70. The highest BCUT2D eigenvalue weighted by Crippen LogP contribution is 2.19. The summed E-state index contributed by atoms with van der Waals surface area (Å²) in [5.41, 5.74) is 0.710. The van der Waals surface area contributed by atoms with Crippen LogP contribution in [-0.2, 0) is 11.2 Å². The van der Waals surface area contributed by atoms with Crippen molar-refractivity contribution >= 4 is 39.6 Å². The molecular weight excluding hydrogens is 344 g/mol. The van der Waals surface area contributed by atoms with Gasteiger partial charge < -0.3 is 10.2 Å². The topological polar surface area (TPSA) is 74.3 Å². The number of amides is 2. The van der Waals surface area contributed by atoms with Gasteiger partial charge in [0.25, 0.3) is 5.91 Å². The lowest BCUT2D eigenvalue weighted by atomic mass is 10.0. The molecule has 1 fully saturated rings. The largest absolute Gasteiger partial charge is 0.342 e. The molecule has 0 atom stereocenters. The molecule has 2 amide bonds. The zero-order chi connectivity index (χ0) is 16.9. The highest BCUT2D eigenvalue weighted by atomic mass is 32.1. The number of anilines is 1. The van der Waals surface area contributed by atoms with Crippen LogP contribution in [0, 0.1) is 0 Å². The molecule has 1 saturated heterocycles. The number of hydrogen-bond acceptors (Lipinski definition) is 6. The van der Waals surface area contributed by atoms with Crippen molar-refractivity contribution in [2.75, 3.05) is 25.5 Å². The van der Waals surface area contributed by atoms with Gasteiger partial charge in [0.15, 0.2) is 5.13 Å². The molecule has 3 rings (SSSR count). The summed E-state index contributed by atoms with van der Waals surface area (Å²) in [5.74, 6) is -0.0580. The Balaban J connectivity index is 1.52. The number of likely N-dealkylation sites (tertiary alicyclic amines) is 1. The number of hydrogen-bond donors (Lipinski definition) is 2. The summed E-state index contributed by atoms with van der Waals surface area (Å²) in [6, 6.07) is 4.11. The number of carbonyl (C=O) groups excluding carboxylic acids is 2. The first kappa shape index (κ1) is 17.1. The van der Waals surface area contributed by atoms with Crippen molar-refractivity contribution in [1.29, 1.82) is 0 Å². The van der Waals surface area contributed by atoms with Crippen molar-refractivity contribution in [3.05, 3.63) is 33.5 Å². The zero-order valence-electron chi connectivity index (χ0n) is 13.4. The second kappa shape index (κ2) is 7.87. The predicted molar refractivity (Wildman–Crippen MR) is 96.8 cm³/mol. The minimum atomic E-state index is -0.161. The molecular formula is C16H20N4O2S2. The monoisotopic (exact) mass is 364 g/mol. The van der Waals surface area contributed by atoms with E-state index in [4.69, 9.17) is 0 Å². The molecule has 0 aliphatic carbocycles. The maximum absolute atomic E-state index is 12.4. The number of nitrogens with one attached hydrogen (secondary N) is 2.